The standard InChI is InChI=1S/C13H10BrN/c1-8-3-2-4-11-10-6-5-9(14)7-12(10)15-13(8)11/h2-8H,1H3. The number of allylic oxidation sites excluding steroid dienone is 4. The minimum absolute atomic E-state index is 0.427. The first-order valence-corrected chi connectivity index (χ1v) is 5.82. The summed E-state index contributed by atoms with van der Waals surface area (Å²) in [6.45, 7) is 2.18. The van der Waals surface area contributed by atoms with E-state index in [-0.39, 0.29) is 0 Å². The van der Waals surface area contributed by atoms with E-state index in [0.29, 0.717) is 5.92 Å². The second-order valence-electron chi connectivity index (χ2n) is 3.91. The van der Waals surface area contributed by atoms with E-state index in [2.05, 4.69) is 64.3 Å². The SMILES string of the molecule is CC1C=CC=C2C1=Nc1cc(Br)ccc12. The van der Waals surface area contributed by atoms with Crippen LogP contribution in [0.25, 0.3) is 5.57 Å². The van der Waals surface area contributed by atoms with Crippen LogP contribution in [0.15, 0.2) is 45.9 Å². The molecule has 2 aliphatic rings. The van der Waals surface area contributed by atoms with Crippen LogP contribution in [-0.4, -0.2) is 5.71 Å². The minimum atomic E-state index is 0.427. The molecule has 1 aliphatic carbocycles. The lowest BCUT2D eigenvalue weighted by molar-refractivity contribution is 1.00. The molecular formula is C13H10BrN. The summed E-state index contributed by atoms with van der Waals surface area (Å²) in [5, 5.41) is 0. The fraction of sp³-hybridized carbons (Fsp3) is 0.154. The number of hydrogen-bond acceptors (Lipinski definition) is 1. The van der Waals surface area contributed by atoms with Gasteiger partial charge in [0.15, 0.2) is 0 Å². The van der Waals surface area contributed by atoms with Crippen molar-refractivity contribution in [3.8, 4) is 0 Å². The van der Waals surface area contributed by atoms with Crippen LogP contribution in [0.3, 0.4) is 0 Å². The average molecular weight is 260 g/mol. The molecule has 74 valence electrons. The van der Waals surface area contributed by atoms with E-state index in [1.807, 2.05) is 0 Å². The Labute approximate surface area is 97.4 Å². The van der Waals surface area contributed by atoms with E-state index in [0.717, 1.165) is 10.2 Å². The molecule has 0 aromatic heterocycles. The van der Waals surface area contributed by atoms with E-state index in [4.69, 9.17) is 0 Å². The number of rotatable bonds is 0. The highest BCUT2D eigenvalue weighted by atomic mass is 79.9. The molecule has 0 saturated heterocycles. The topological polar surface area (TPSA) is 12.4 Å². The molecule has 1 atom stereocenters. The van der Waals surface area contributed by atoms with Crippen LogP contribution in [0, 0.1) is 5.92 Å². The molecule has 0 bridgehead atoms. The second-order valence-corrected chi connectivity index (χ2v) is 4.83. The number of aliphatic imine (C=N–C) groups is 1. The maximum atomic E-state index is 4.68. The third-order valence-corrected chi connectivity index (χ3v) is 3.35. The monoisotopic (exact) mass is 259 g/mol. The van der Waals surface area contributed by atoms with E-state index < -0.39 is 0 Å². The van der Waals surface area contributed by atoms with Gasteiger partial charge < -0.3 is 0 Å². The van der Waals surface area contributed by atoms with Crippen molar-refractivity contribution >= 4 is 32.9 Å². The van der Waals surface area contributed by atoms with Crippen molar-refractivity contribution in [1.29, 1.82) is 0 Å². The number of nitrogens with zero attached hydrogens (tertiary/aromatic N) is 1. The Balaban J connectivity index is 2.22. The van der Waals surface area contributed by atoms with Gasteiger partial charge in [-0.25, -0.2) is 0 Å². The number of benzene rings is 1. The highest BCUT2D eigenvalue weighted by Crippen LogP contribution is 2.40. The molecule has 1 aromatic carbocycles. The lowest BCUT2D eigenvalue weighted by Crippen LogP contribution is -2.09. The van der Waals surface area contributed by atoms with Gasteiger partial charge in [-0.3, -0.25) is 4.99 Å². The highest BCUT2D eigenvalue weighted by Gasteiger charge is 2.24. The molecule has 0 spiro atoms. The Bertz CT molecular complexity index is 523. The molecular weight excluding hydrogens is 250 g/mol. The molecule has 1 nitrogen and oxygen atoms in total. The van der Waals surface area contributed by atoms with Crippen molar-refractivity contribution in [3.63, 3.8) is 0 Å². The zero-order valence-electron chi connectivity index (χ0n) is 8.37. The summed E-state index contributed by atoms with van der Waals surface area (Å²) < 4.78 is 1.09. The molecule has 3 rings (SSSR count). The molecule has 1 aliphatic heterocycles. The fourth-order valence-electron chi connectivity index (χ4n) is 2.08. The summed E-state index contributed by atoms with van der Waals surface area (Å²) in [6, 6.07) is 6.28. The molecule has 1 heterocycles. The normalized spacial score (nSPS) is 21.9. The zero-order valence-corrected chi connectivity index (χ0v) is 9.95. The minimum Gasteiger partial charge on any atom is -0.252 e. The maximum Gasteiger partial charge on any atom is 0.0723 e. The molecule has 0 amide bonds. The lowest BCUT2D eigenvalue weighted by Gasteiger charge is -2.12. The fourth-order valence-corrected chi connectivity index (χ4v) is 2.43. The molecule has 15 heavy (non-hydrogen) atoms. The van der Waals surface area contributed by atoms with Gasteiger partial charge >= 0.3 is 0 Å². The van der Waals surface area contributed by atoms with Crippen LogP contribution < -0.4 is 0 Å². The predicted octanol–water partition coefficient (Wildman–Crippen LogP) is 4.12. The second kappa shape index (κ2) is 3.17. The van der Waals surface area contributed by atoms with Gasteiger partial charge in [0.2, 0.25) is 0 Å². The van der Waals surface area contributed by atoms with Crippen LogP contribution in [0.2, 0.25) is 0 Å². The Hall–Kier alpha value is -1.15. The van der Waals surface area contributed by atoms with Gasteiger partial charge in [-0.15, -0.1) is 0 Å². The van der Waals surface area contributed by atoms with Gasteiger partial charge in [-0.2, -0.15) is 0 Å². The van der Waals surface area contributed by atoms with Crippen molar-refractivity contribution in [3.05, 3.63) is 46.5 Å². The van der Waals surface area contributed by atoms with E-state index >= 15 is 0 Å². The first kappa shape index (κ1) is 9.10. The van der Waals surface area contributed by atoms with Crippen molar-refractivity contribution in [2.24, 2.45) is 10.9 Å². The Kier molecular flexibility index (Phi) is 1.93. The zero-order chi connectivity index (χ0) is 10.4. The smallest absolute Gasteiger partial charge is 0.0723 e. The summed E-state index contributed by atoms with van der Waals surface area (Å²) in [4.78, 5) is 4.68. The predicted molar refractivity (Wildman–Crippen MR) is 67.5 cm³/mol. The first-order valence-electron chi connectivity index (χ1n) is 5.03. The number of halogens is 1. The van der Waals surface area contributed by atoms with Crippen molar-refractivity contribution in [1.82, 2.24) is 0 Å². The van der Waals surface area contributed by atoms with E-state index in [9.17, 15) is 0 Å². The summed E-state index contributed by atoms with van der Waals surface area (Å²) in [7, 11) is 0. The third-order valence-electron chi connectivity index (χ3n) is 2.86. The van der Waals surface area contributed by atoms with Crippen LogP contribution >= 0.6 is 15.9 Å². The van der Waals surface area contributed by atoms with Crippen LogP contribution in [0.5, 0.6) is 0 Å². The molecule has 0 fully saturated rings. The highest BCUT2D eigenvalue weighted by molar-refractivity contribution is 9.10. The summed E-state index contributed by atoms with van der Waals surface area (Å²) in [5.74, 6) is 0.427. The quantitative estimate of drug-likeness (QED) is 0.665. The van der Waals surface area contributed by atoms with Crippen LogP contribution in [-0.2, 0) is 0 Å². The number of hydrogen-bond donors (Lipinski definition) is 0. The Morgan fingerprint density at radius 1 is 1.33 bits per heavy atom. The molecule has 0 saturated carbocycles. The Morgan fingerprint density at radius 2 is 2.20 bits per heavy atom. The van der Waals surface area contributed by atoms with E-state index in [1.165, 1.54) is 16.8 Å². The van der Waals surface area contributed by atoms with E-state index in [1.54, 1.807) is 0 Å². The average Bonchev–Trinajstić information content (AvgIpc) is 2.57. The van der Waals surface area contributed by atoms with Gasteiger partial charge in [0.05, 0.1) is 11.4 Å². The molecule has 1 aromatic rings. The molecule has 2 heteroatoms. The van der Waals surface area contributed by atoms with Gasteiger partial charge in [0, 0.05) is 21.5 Å². The number of fused-ring (bicyclic) bond motifs is 3. The third kappa shape index (κ3) is 1.32. The Morgan fingerprint density at radius 3 is 3.07 bits per heavy atom. The van der Waals surface area contributed by atoms with Gasteiger partial charge in [0.25, 0.3) is 0 Å². The van der Waals surface area contributed by atoms with Gasteiger partial charge in [-0.1, -0.05) is 47.1 Å². The molecule has 0 N–H and O–H groups in total. The first-order chi connectivity index (χ1) is 7.25. The van der Waals surface area contributed by atoms with Crippen molar-refractivity contribution in [2.45, 2.75) is 6.92 Å². The van der Waals surface area contributed by atoms with Gasteiger partial charge in [-0.05, 0) is 12.1 Å². The van der Waals surface area contributed by atoms with Crippen LogP contribution in [0.1, 0.15) is 12.5 Å². The van der Waals surface area contributed by atoms with Crippen molar-refractivity contribution in [2.75, 3.05) is 0 Å². The largest absolute Gasteiger partial charge is 0.252 e. The maximum absolute atomic E-state index is 4.68. The summed E-state index contributed by atoms with van der Waals surface area (Å²) >= 11 is 3.47. The van der Waals surface area contributed by atoms with Crippen molar-refractivity contribution < 1.29 is 0 Å². The lowest BCUT2D eigenvalue weighted by atomic mass is 9.91. The summed E-state index contributed by atoms with van der Waals surface area (Å²) in [5.41, 5.74) is 4.82. The molecule has 1 unspecified atom stereocenters. The van der Waals surface area contributed by atoms with Gasteiger partial charge in [0.1, 0.15) is 0 Å². The van der Waals surface area contributed by atoms with Crippen LogP contribution in [0.4, 0.5) is 5.69 Å². The summed E-state index contributed by atoms with van der Waals surface area (Å²) in [6.07, 6.45) is 6.46. The molecule has 0 radical (unpaired) electrons.